The van der Waals surface area contributed by atoms with Crippen LogP contribution < -0.4 is 10.6 Å². The molecule has 0 aliphatic rings. The van der Waals surface area contributed by atoms with Crippen LogP contribution in [0.5, 0.6) is 0 Å². The second-order valence-corrected chi connectivity index (χ2v) is 7.61. The summed E-state index contributed by atoms with van der Waals surface area (Å²) in [5.74, 6) is -0.113. The molecule has 0 unspecified atom stereocenters. The first-order valence-electron chi connectivity index (χ1n) is 7.33. The van der Waals surface area contributed by atoms with Crippen LogP contribution in [0.15, 0.2) is 60.0 Å². The number of nitrogens with zero attached hydrogens (tertiary/aromatic N) is 1. The van der Waals surface area contributed by atoms with E-state index in [0.717, 1.165) is 11.3 Å². The fourth-order valence-electron chi connectivity index (χ4n) is 2.29. The number of nitrogens with two attached hydrogens (primary N) is 1. The third-order valence-corrected chi connectivity index (χ3v) is 5.38. The predicted octanol–water partition coefficient (Wildman–Crippen LogP) is 3.17. The fourth-order valence-corrected chi connectivity index (χ4v) is 3.66. The molecule has 2 aromatic carbocycles. The molecular weight excluding hydrogens is 308 g/mol. The normalized spacial score (nSPS) is 11.2. The van der Waals surface area contributed by atoms with Crippen molar-refractivity contribution in [1.82, 2.24) is 0 Å². The van der Waals surface area contributed by atoms with Gasteiger partial charge < -0.3 is 10.6 Å². The highest BCUT2D eigenvalue weighted by Crippen LogP contribution is 2.25. The average Bonchev–Trinajstić information content (AvgIpc) is 2.50. The van der Waals surface area contributed by atoms with E-state index in [1.807, 2.05) is 31.0 Å². The maximum Gasteiger partial charge on any atom is 0.182 e. The number of hydrogen-bond acceptors (Lipinski definition) is 4. The molecule has 0 aromatic heterocycles. The van der Waals surface area contributed by atoms with Gasteiger partial charge in [-0.15, -0.1) is 6.58 Å². The lowest BCUT2D eigenvalue weighted by atomic mass is 10.1. The molecule has 2 aromatic rings. The number of rotatable bonds is 6. The Morgan fingerprint density at radius 1 is 1.17 bits per heavy atom. The van der Waals surface area contributed by atoms with E-state index in [4.69, 9.17) is 5.73 Å². The van der Waals surface area contributed by atoms with Crippen LogP contribution in [0, 0.1) is 6.92 Å². The maximum atomic E-state index is 12.6. The van der Waals surface area contributed by atoms with Crippen LogP contribution in [-0.2, 0) is 15.6 Å². The summed E-state index contributed by atoms with van der Waals surface area (Å²) in [5, 5.41) is 0. The Labute approximate surface area is 138 Å². The highest BCUT2D eigenvalue weighted by Gasteiger charge is 2.17. The van der Waals surface area contributed by atoms with Gasteiger partial charge >= 0.3 is 0 Å². The molecular formula is C18H22N2O2S. The lowest BCUT2D eigenvalue weighted by molar-refractivity contribution is 0.595. The highest BCUT2D eigenvalue weighted by atomic mass is 32.2. The van der Waals surface area contributed by atoms with Crippen molar-refractivity contribution in [1.29, 1.82) is 0 Å². The van der Waals surface area contributed by atoms with E-state index in [2.05, 4.69) is 6.58 Å². The van der Waals surface area contributed by atoms with E-state index in [1.165, 1.54) is 0 Å². The molecule has 0 fully saturated rings. The second-order valence-electron chi connectivity index (χ2n) is 5.62. The van der Waals surface area contributed by atoms with Gasteiger partial charge in [-0.25, -0.2) is 8.42 Å². The van der Waals surface area contributed by atoms with Crippen molar-refractivity contribution in [2.24, 2.45) is 0 Å². The first-order chi connectivity index (χ1) is 10.8. The van der Waals surface area contributed by atoms with Crippen LogP contribution in [0.2, 0.25) is 0 Å². The minimum atomic E-state index is -3.43. The van der Waals surface area contributed by atoms with Crippen LogP contribution in [0.4, 0.5) is 11.4 Å². The molecule has 0 saturated carbocycles. The number of anilines is 2. The molecule has 0 aliphatic carbocycles. The summed E-state index contributed by atoms with van der Waals surface area (Å²) in [6, 6.07) is 12.3. The molecule has 0 heterocycles. The highest BCUT2D eigenvalue weighted by molar-refractivity contribution is 7.90. The first kappa shape index (κ1) is 17.1. The summed E-state index contributed by atoms with van der Waals surface area (Å²) in [5.41, 5.74) is 9.00. The molecule has 5 heteroatoms. The zero-order valence-corrected chi connectivity index (χ0v) is 14.3. The van der Waals surface area contributed by atoms with Gasteiger partial charge in [-0.3, -0.25) is 0 Å². The molecule has 0 atom stereocenters. The molecule has 0 saturated heterocycles. The number of aryl methyl sites for hydroxylation is 1. The molecule has 2 N–H and O–H groups in total. The minimum absolute atomic E-state index is 0.113. The Morgan fingerprint density at radius 2 is 1.83 bits per heavy atom. The van der Waals surface area contributed by atoms with Gasteiger partial charge in [0.05, 0.1) is 10.6 Å². The van der Waals surface area contributed by atoms with E-state index in [0.29, 0.717) is 22.7 Å². The minimum Gasteiger partial charge on any atom is -0.398 e. The quantitative estimate of drug-likeness (QED) is 0.653. The van der Waals surface area contributed by atoms with Gasteiger partial charge in [-0.05, 0) is 42.8 Å². The van der Waals surface area contributed by atoms with Crippen LogP contribution in [0.3, 0.4) is 0 Å². The predicted molar refractivity (Wildman–Crippen MR) is 96.4 cm³/mol. The summed E-state index contributed by atoms with van der Waals surface area (Å²) < 4.78 is 25.2. The fraction of sp³-hybridized carbons (Fsp3) is 0.222. The zero-order chi connectivity index (χ0) is 17.0. The van der Waals surface area contributed by atoms with E-state index in [1.54, 1.807) is 36.4 Å². The molecule has 0 amide bonds. The number of benzene rings is 2. The molecule has 0 radical (unpaired) electrons. The summed E-state index contributed by atoms with van der Waals surface area (Å²) in [6.45, 7) is 6.31. The number of hydrogen-bond donors (Lipinski definition) is 1. The van der Waals surface area contributed by atoms with Crippen LogP contribution in [0.1, 0.15) is 11.1 Å². The zero-order valence-electron chi connectivity index (χ0n) is 13.5. The van der Waals surface area contributed by atoms with E-state index in [9.17, 15) is 8.42 Å². The van der Waals surface area contributed by atoms with Gasteiger partial charge in [0.1, 0.15) is 0 Å². The van der Waals surface area contributed by atoms with Crippen molar-refractivity contribution < 1.29 is 8.42 Å². The van der Waals surface area contributed by atoms with E-state index >= 15 is 0 Å². The number of nitrogen functional groups attached to an aromatic ring is 1. The van der Waals surface area contributed by atoms with Gasteiger partial charge in [0, 0.05) is 25.0 Å². The van der Waals surface area contributed by atoms with Crippen LogP contribution in [-0.4, -0.2) is 22.0 Å². The Kier molecular flexibility index (Phi) is 5.11. The Balaban J connectivity index is 2.33. The van der Waals surface area contributed by atoms with Gasteiger partial charge in [0.15, 0.2) is 9.84 Å². The SMILES string of the molecule is C=CCN(C)c1ccc(N)c(CS(=O)(=O)c2ccc(C)cc2)c1. The van der Waals surface area contributed by atoms with Crippen molar-refractivity contribution >= 4 is 21.2 Å². The van der Waals surface area contributed by atoms with Crippen molar-refractivity contribution in [3.05, 3.63) is 66.2 Å². The molecule has 23 heavy (non-hydrogen) atoms. The molecule has 0 aliphatic heterocycles. The molecule has 122 valence electrons. The van der Waals surface area contributed by atoms with Crippen molar-refractivity contribution in [2.45, 2.75) is 17.6 Å². The maximum absolute atomic E-state index is 12.6. The van der Waals surface area contributed by atoms with Crippen LogP contribution >= 0.6 is 0 Å². The smallest absolute Gasteiger partial charge is 0.182 e. The largest absolute Gasteiger partial charge is 0.398 e. The Hall–Kier alpha value is -2.27. The molecule has 2 rings (SSSR count). The number of likely N-dealkylation sites (N-methyl/N-ethyl adjacent to an activating group) is 1. The molecule has 0 spiro atoms. The first-order valence-corrected chi connectivity index (χ1v) is 8.98. The third kappa shape index (κ3) is 4.13. The Morgan fingerprint density at radius 3 is 2.43 bits per heavy atom. The van der Waals surface area contributed by atoms with E-state index < -0.39 is 9.84 Å². The Bertz CT molecular complexity index is 796. The van der Waals surface area contributed by atoms with Crippen LogP contribution in [0.25, 0.3) is 0 Å². The van der Waals surface area contributed by atoms with Crippen molar-refractivity contribution in [2.75, 3.05) is 24.2 Å². The van der Waals surface area contributed by atoms with Crippen molar-refractivity contribution in [3.63, 3.8) is 0 Å². The molecule has 0 bridgehead atoms. The number of sulfone groups is 1. The van der Waals surface area contributed by atoms with E-state index in [-0.39, 0.29) is 5.75 Å². The van der Waals surface area contributed by atoms with Crippen molar-refractivity contribution in [3.8, 4) is 0 Å². The molecule has 4 nitrogen and oxygen atoms in total. The summed E-state index contributed by atoms with van der Waals surface area (Å²) in [4.78, 5) is 2.29. The lowest BCUT2D eigenvalue weighted by Crippen LogP contribution is -2.17. The summed E-state index contributed by atoms with van der Waals surface area (Å²) >= 11 is 0. The van der Waals surface area contributed by atoms with Gasteiger partial charge in [0.2, 0.25) is 0 Å². The summed E-state index contributed by atoms with van der Waals surface area (Å²) in [7, 11) is -1.50. The standard InChI is InChI=1S/C18H22N2O2S/c1-4-11-20(3)16-7-10-18(19)15(12-16)13-23(21,22)17-8-5-14(2)6-9-17/h4-10,12H,1,11,13,19H2,2-3H3. The van der Waals surface area contributed by atoms with Gasteiger partial charge in [0.25, 0.3) is 0 Å². The lowest BCUT2D eigenvalue weighted by Gasteiger charge is -2.19. The van der Waals surface area contributed by atoms with Gasteiger partial charge in [-0.2, -0.15) is 0 Å². The second kappa shape index (κ2) is 6.87. The monoisotopic (exact) mass is 330 g/mol. The summed E-state index contributed by atoms with van der Waals surface area (Å²) in [6.07, 6.45) is 1.79. The average molecular weight is 330 g/mol. The topological polar surface area (TPSA) is 63.4 Å². The third-order valence-electron chi connectivity index (χ3n) is 3.70. The van der Waals surface area contributed by atoms with Gasteiger partial charge in [-0.1, -0.05) is 23.8 Å².